The first-order chi connectivity index (χ1) is 8.54. The summed E-state index contributed by atoms with van der Waals surface area (Å²) in [5.74, 6) is -1.58. The Kier molecular flexibility index (Phi) is 2.88. The van der Waals surface area contributed by atoms with Crippen molar-refractivity contribution in [2.24, 2.45) is 0 Å². The van der Waals surface area contributed by atoms with Gasteiger partial charge in [-0.25, -0.2) is 14.6 Å². The number of carboxylic acids is 1. The van der Waals surface area contributed by atoms with Crippen molar-refractivity contribution in [2.75, 3.05) is 12.3 Å². The van der Waals surface area contributed by atoms with Crippen LogP contribution >= 0.6 is 0 Å². The number of hydrogen-bond donors (Lipinski definition) is 2. The number of anilines is 1. The second-order valence-electron chi connectivity index (χ2n) is 3.51. The second kappa shape index (κ2) is 4.36. The smallest absolute Gasteiger partial charge is 0.360 e. The van der Waals surface area contributed by atoms with E-state index in [1.165, 1.54) is 22.7 Å². The van der Waals surface area contributed by atoms with Gasteiger partial charge in [-0.1, -0.05) is 0 Å². The zero-order valence-corrected chi connectivity index (χ0v) is 9.58. The van der Waals surface area contributed by atoms with Crippen LogP contribution in [0.4, 0.5) is 5.82 Å². The van der Waals surface area contributed by atoms with Gasteiger partial charge in [0.25, 0.3) is 0 Å². The lowest BCUT2D eigenvalue weighted by molar-refractivity contribution is 0.0521. The summed E-state index contributed by atoms with van der Waals surface area (Å²) in [6.07, 6.45) is 1.45. The van der Waals surface area contributed by atoms with E-state index in [1.807, 2.05) is 0 Å². The third-order valence-electron chi connectivity index (χ3n) is 2.38. The predicted molar refractivity (Wildman–Crippen MR) is 62.5 cm³/mol. The molecule has 0 aliphatic carbocycles. The Morgan fingerprint density at radius 2 is 2.28 bits per heavy atom. The number of esters is 1. The summed E-state index contributed by atoms with van der Waals surface area (Å²) in [6, 6.07) is 2.71. The first-order valence-corrected chi connectivity index (χ1v) is 5.22. The first kappa shape index (κ1) is 11.9. The van der Waals surface area contributed by atoms with Gasteiger partial charge < -0.3 is 15.6 Å². The fraction of sp³-hybridized carbons (Fsp3) is 0.182. The monoisotopic (exact) mass is 249 g/mol. The number of nitrogens with zero attached hydrogens (tertiary/aromatic N) is 2. The van der Waals surface area contributed by atoms with E-state index in [0.717, 1.165) is 0 Å². The van der Waals surface area contributed by atoms with Crippen LogP contribution in [0.25, 0.3) is 5.65 Å². The summed E-state index contributed by atoms with van der Waals surface area (Å²) < 4.78 is 6.23. The van der Waals surface area contributed by atoms with Crippen molar-refractivity contribution < 1.29 is 19.4 Å². The molecule has 2 heterocycles. The van der Waals surface area contributed by atoms with Crippen molar-refractivity contribution >= 4 is 23.4 Å². The van der Waals surface area contributed by atoms with Gasteiger partial charge in [0.2, 0.25) is 0 Å². The van der Waals surface area contributed by atoms with Gasteiger partial charge in [0.1, 0.15) is 11.5 Å². The van der Waals surface area contributed by atoms with Gasteiger partial charge in [-0.05, 0) is 19.1 Å². The lowest BCUT2D eigenvalue weighted by Gasteiger charge is -1.99. The van der Waals surface area contributed by atoms with E-state index in [2.05, 4.69) is 4.98 Å². The number of carbonyl (C=O) groups excluding carboxylic acids is 1. The highest BCUT2D eigenvalue weighted by atomic mass is 16.5. The molecule has 0 spiro atoms. The Balaban J connectivity index is 2.55. The summed E-state index contributed by atoms with van der Waals surface area (Å²) in [5, 5.41) is 8.85. The van der Waals surface area contributed by atoms with Crippen molar-refractivity contribution in [3.8, 4) is 0 Å². The molecule has 7 heteroatoms. The molecule has 0 fully saturated rings. The molecule has 7 nitrogen and oxygen atoms in total. The number of rotatable bonds is 3. The number of aromatic carboxylic acids is 1. The Morgan fingerprint density at radius 1 is 1.56 bits per heavy atom. The number of ether oxygens (including phenoxy) is 1. The number of fused-ring (bicyclic) bond motifs is 1. The largest absolute Gasteiger partial charge is 0.478 e. The predicted octanol–water partition coefficient (Wildman–Crippen LogP) is 0.791. The zero-order valence-electron chi connectivity index (χ0n) is 9.58. The van der Waals surface area contributed by atoms with E-state index in [4.69, 9.17) is 15.6 Å². The number of carbonyl (C=O) groups is 2. The van der Waals surface area contributed by atoms with Crippen molar-refractivity contribution in [1.29, 1.82) is 0 Å². The molecule has 0 aliphatic heterocycles. The van der Waals surface area contributed by atoms with Gasteiger partial charge in [0, 0.05) is 6.20 Å². The van der Waals surface area contributed by atoms with Crippen molar-refractivity contribution in [3.05, 3.63) is 29.6 Å². The minimum absolute atomic E-state index is 0.0145. The molecule has 0 atom stereocenters. The molecule has 0 radical (unpaired) electrons. The minimum atomic E-state index is -1.07. The first-order valence-electron chi connectivity index (χ1n) is 5.22. The molecule has 2 rings (SSSR count). The lowest BCUT2D eigenvalue weighted by Crippen LogP contribution is -2.08. The average molecular weight is 249 g/mol. The quantitative estimate of drug-likeness (QED) is 0.779. The van der Waals surface area contributed by atoms with Gasteiger partial charge in [-0.15, -0.1) is 0 Å². The Morgan fingerprint density at radius 3 is 2.89 bits per heavy atom. The SMILES string of the molecule is CCOC(=O)c1nc2cc(C(=O)O)ccn2c1N. The maximum absolute atomic E-state index is 11.6. The van der Waals surface area contributed by atoms with Crippen molar-refractivity contribution in [2.45, 2.75) is 6.92 Å². The molecular formula is C11H11N3O4. The summed E-state index contributed by atoms with van der Waals surface area (Å²) in [7, 11) is 0. The number of hydrogen-bond acceptors (Lipinski definition) is 5. The van der Waals surface area contributed by atoms with Crippen molar-refractivity contribution in [3.63, 3.8) is 0 Å². The highest BCUT2D eigenvalue weighted by Crippen LogP contribution is 2.17. The van der Waals surface area contributed by atoms with Crippen LogP contribution in [0.3, 0.4) is 0 Å². The highest BCUT2D eigenvalue weighted by molar-refractivity contribution is 5.94. The third kappa shape index (κ3) is 1.86. The van der Waals surface area contributed by atoms with Crippen LogP contribution in [0, 0.1) is 0 Å². The topological polar surface area (TPSA) is 107 Å². The molecule has 2 aromatic heterocycles. The number of nitrogens with two attached hydrogens (primary N) is 1. The van der Waals surface area contributed by atoms with E-state index in [0.29, 0.717) is 0 Å². The van der Waals surface area contributed by atoms with Gasteiger partial charge in [0.05, 0.1) is 12.2 Å². The molecule has 0 amide bonds. The fourth-order valence-electron chi connectivity index (χ4n) is 1.55. The van der Waals surface area contributed by atoms with Crippen LogP contribution in [0.2, 0.25) is 0 Å². The van der Waals surface area contributed by atoms with Crippen molar-refractivity contribution in [1.82, 2.24) is 9.38 Å². The fourth-order valence-corrected chi connectivity index (χ4v) is 1.55. The maximum atomic E-state index is 11.6. The summed E-state index contributed by atoms with van der Waals surface area (Å²) in [5.41, 5.74) is 6.09. The van der Waals surface area contributed by atoms with E-state index < -0.39 is 11.9 Å². The Hall–Kier alpha value is -2.57. The second-order valence-corrected chi connectivity index (χ2v) is 3.51. The van der Waals surface area contributed by atoms with E-state index in [-0.39, 0.29) is 29.3 Å². The Labute approximate surface area is 102 Å². The molecule has 3 N–H and O–H groups in total. The van der Waals surface area contributed by atoms with E-state index in [9.17, 15) is 9.59 Å². The number of carboxylic acid groups (broad SMARTS) is 1. The third-order valence-corrected chi connectivity index (χ3v) is 2.38. The summed E-state index contributed by atoms with van der Waals surface area (Å²) >= 11 is 0. The molecule has 0 saturated heterocycles. The number of imidazole rings is 1. The molecule has 0 unspecified atom stereocenters. The number of aromatic nitrogens is 2. The van der Waals surface area contributed by atoms with Crippen LogP contribution < -0.4 is 5.73 Å². The van der Waals surface area contributed by atoms with Gasteiger partial charge >= 0.3 is 11.9 Å². The van der Waals surface area contributed by atoms with Crippen LogP contribution in [0.1, 0.15) is 27.8 Å². The van der Waals surface area contributed by atoms with E-state index in [1.54, 1.807) is 6.92 Å². The molecule has 94 valence electrons. The summed E-state index contributed by atoms with van der Waals surface area (Å²) in [6.45, 7) is 1.89. The van der Waals surface area contributed by atoms with Crippen LogP contribution in [-0.4, -0.2) is 33.0 Å². The molecular weight excluding hydrogens is 238 g/mol. The van der Waals surface area contributed by atoms with Gasteiger partial charge in [-0.2, -0.15) is 0 Å². The van der Waals surface area contributed by atoms with Crippen LogP contribution in [0.15, 0.2) is 18.3 Å². The molecule has 18 heavy (non-hydrogen) atoms. The average Bonchev–Trinajstić information content (AvgIpc) is 2.66. The number of nitrogen functional groups attached to an aromatic ring is 1. The highest BCUT2D eigenvalue weighted by Gasteiger charge is 2.18. The van der Waals surface area contributed by atoms with Crippen LogP contribution in [0.5, 0.6) is 0 Å². The normalized spacial score (nSPS) is 10.5. The Bertz CT molecular complexity index is 632. The molecule has 0 aromatic carbocycles. The standard InChI is InChI=1S/C11H11N3O4/c1-2-18-11(17)8-9(12)14-4-3-6(10(15)16)5-7(14)13-8/h3-5H,2,12H2,1H3,(H,15,16). The molecule has 0 aliphatic rings. The molecule has 0 saturated carbocycles. The number of pyridine rings is 1. The maximum Gasteiger partial charge on any atom is 0.360 e. The summed E-state index contributed by atoms with van der Waals surface area (Å²) in [4.78, 5) is 26.3. The van der Waals surface area contributed by atoms with Gasteiger partial charge in [-0.3, -0.25) is 4.40 Å². The van der Waals surface area contributed by atoms with Gasteiger partial charge in [0.15, 0.2) is 5.69 Å². The lowest BCUT2D eigenvalue weighted by atomic mass is 10.3. The van der Waals surface area contributed by atoms with Crippen LogP contribution in [-0.2, 0) is 4.74 Å². The minimum Gasteiger partial charge on any atom is -0.478 e. The van der Waals surface area contributed by atoms with E-state index >= 15 is 0 Å². The zero-order chi connectivity index (χ0) is 13.3. The molecule has 0 bridgehead atoms. The molecule has 2 aromatic rings.